The van der Waals surface area contributed by atoms with Crippen molar-refractivity contribution in [1.82, 2.24) is 9.80 Å². The molecular weight excluding hydrogens is 411 g/mol. The highest BCUT2D eigenvalue weighted by molar-refractivity contribution is 7.84. The van der Waals surface area contributed by atoms with Gasteiger partial charge in [-0.2, -0.15) is 0 Å². The third-order valence-corrected chi connectivity index (χ3v) is 7.10. The molecule has 1 atom stereocenters. The minimum absolute atomic E-state index is 0.0914. The molecule has 4 rings (SSSR count). The number of carbonyl (C=O) groups is 1. The summed E-state index contributed by atoms with van der Waals surface area (Å²) in [7, 11) is 1.04. The summed E-state index contributed by atoms with van der Waals surface area (Å²) in [6.45, 7) is 5.21. The molecule has 31 heavy (non-hydrogen) atoms. The summed E-state index contributed by atoms with van der Waals surface area (Å²) >= 11 is 0. The molecule has 1 amide bonds. The summed E-state index contributed by atoms with van der Waals surface area (Å²) in [5.74, 6) is -0.208. The van der Waals surface area contributed by atoms with Gasteiger partial charge in [-0.25, -0.2) is 4.39 Å². The van der Waals surface area contributed by atoms with Crippen molar-refractivity contribution in [1.29, 1.82) is 0 Å². The van der Waals surface area contributed by atoms with E-state index >= 15 is 0 Å². The van der Waals surface area contributed by atoms with E-state index in [2.05, 4.69) is 18.0 Å². The molecule has 2 aromatic rings. The van der Waals surface area contributed by atoms with Crippen molar-refractivity contribution in [2.45, 2.75) is 18.2 Å². The van der Waals surface area contributed by atoms with E-state index in [4.69, 9.17) is 0 Å². The summed E-state index contributed by atoms with van der Waals surface area (Å²) < 4.78 is 25.8. The van der Waals surface area contributed by atoms with Crippen molar-refractivity contribution in [3.63, 3.8) is 0 Å². The molecule has 1 aliphatic heterocycles. The quantitative estimate of drug-likeness (QED) is 0.723. The van der Waals surface area contributed by atoms with Crippen LogP contribution in [0.1, 0.15) is 30.0 Å². The van der Waals surface area contributed by atoms with Crippen LogP contribution in [0.4, 0.5) is 4.39 Å². The van der Waals surface area contributed by atoms with Crippen molar-refractivity contribution >= 4 is 33.9 Å². The van der Waals surface area contributed by atoms with Crippen LogP contribution in [0.15, 0.2) is 52.9 Å². The van der Waals surface area contributed by atoms with Gasteiger partial charge >= 0.3 is 0 Å². The van der Waals surface area contributed by atoms with Gasteiger partial charge in [0, 0.05) is 48.1 Å². The summed E-state index contributed by atoms with van der Waals surface area (Å²) in [6, 6.07) is 12.4. The number of hydrogen-bond acceptors (Lipinski definition) is 3. The van der Waals surface area contributed by atoms with E-state index < -0.39 is 10.8 Å². The first-order valence-corrected chi connectivity index (χ1v) is 12.0. The molecule has 1 fully saturated rings. The molecule has 2 aliphatic rings. The maximum absolute atomic E-state index is 14.1. The second-order valence-corrected chi connectivity index (χ2v) is 9.62. The Bertz CT molecular complexity index is 1100. The summed E-state index contributed by atoms with van der Waals surface area (Å²) in [5.41, 5.74) is 5.63. The van der Waals surface area contributed by atoms with Crippen molar-refractivity contribution in [2.75, 3.05) is 39.5 Å². The number of allylic oxidation sites excluding steroid dienone is 2. The minimum atomic E-state index is -1.02. The van der Waals surface area contributed by atoms with Gasteiger partial charge in [-0.15, -0.1) is 0 Å². The highest BCUT2D eigenvalue weighted by Gasteiger charge is 2.28. The number of piperazine rings is 1. The van der Waals surface area contributed by atoms with Crippen LogP contribution in [0, 0.1) is 5.82 Å². The average Bonchev–Trinajstić information content (AvgIpc) is 2.99. The molecule has 1 unspecified atom stereocenters. The Balaban J connectivity index is 1.67. The fourth-order valence-corrected chi connectivity index (χ4v) is 4.74. The highest BCUT2D eigenvalue weighted by Crippen LogP contribution is 2.44. The number of halogens is 1. The number of benzene rings is 2. The van der Waals surface area contributed by atoms with Crippen molar-refractivity contribution < 1.29 is 13.4 Å². The molecule has 2 aromatic carbocycles. The van der Waals surface area contributed by atoms with Gasteiger partial charge in [0.05, 0.1) is 6.42 Å². The molecule has 0 radical (unpaired) electrons. The molecular formula is C25H27FN2O2S. The Kier molecular flexibility index (Phi) is 6.21. The minimum Gasteiger partial charge on any atom is -0.340 e. The van der Waals surface area contributed by atoms with Gasteiger partial charge in [0.1, 0.15) is 5.82 Å². The molecule has 0 bridgehead atoms. The lowest BCUT2D eigenvalue weighted by atomic mass is 10.0. The van der Waals surface area contributed by atoms with E-state index in [1.165, 1.54) is 12.1 Å². The lowest BCUT2D eigenvalue weighted by molar-refractivity contribution is -0.131. The molecule has 0 saturated carbocycles. The standard InChI is InChI=1S/C25H27FN2O2S/c1-17-22(14-18-4-7-20(8-5-18)31(3)30)21-9-6-19(26)15-24(21)23(17)16-25(29)28-12-10-27(2)11-13-28/h4-9,14-15H,10-13,16H2,1-3H3/b22-14+. The van der Waals surface area contributed by atoms with E-state index in [0.29, 0.717) is 0 Å². The lowest BCUT2D eigenvalue weighted by Crippen LogP contribution is -2.47. The van der Waals surface area contributed by atoms with Gasteiger partial charge in [-0.05, 0) is 77.7 Å². The molecule has 6 heteroatoms. The Morgan fingerprint density at radius 2 is 1.74 bits per heavy atom. The predicted octanol–water partition coefficient (Wildman–Crippen LogP) is 4.05. The van der Waals surface area contributed by atoms with Crippen LogP contribution in [0.3, 0.4) is 0 Å². The summed E-state index contributed by atoms with van der Waals surface area (Å²) in [4.78, 5) is 17.9. The van der Waals surface area contributed by atoms with E-state index in [1.54, 1.807) is 12.3 Å². The third kappa shape index (κ3) is 4.55. The number of amides is 1. The van der Waals surface area contributed by atoms with Gasteiger partial charge in [0.2, 0.25) is 5.91 Å². The number of nitrogens with zero attached hydrogens (tertiary/aromatic N) is 2. The summed E-state index contributed by atoms with van der Waals surface area (Å²) in [6.07, 6.45) is 3.99. The first kappa shape index (κ1) is 21.7. The zero-order valence-electron chi connectivity index (χ0n) is 18.2. The molecule has 4 nitrogen and oxygen atoms in total. The van der Waals surface area contributed by atoms with Crippen LogP contribution in [0.2, 0.25) is 0 Å². The number of fused-ring (bicyclic) bond motifs is 1. The fraction of sp³-hybridized carbons (Fsp3) is 0.320. The van der Waals surface area contributed by atoms with Crippen molar-refractivity contribution in [2.24, 2.45) is 0 Å². The Morgan fingerprint density at radius 1 is 1.06 bits per heavy atom. The fourth-order valence-electron chi connectivity index (χ4n) is 4.22. The van der Waals surface area contributed by atoms with Gasteiger partial charge in [0.15, 0.2) is 0 Å². The van der Waals surface area contributed by atoms with Gasteiger partial charge in [-0.1, -0.05) is 18.2 Å². The third-order valence-electron chi connectivity index (χ3n) is 6.16. The maximum atomic E-state index is 14.1. The SMILES string of the molecule is CC1=C(CC(=O)N2CCN(C)CC2)c2cc(F)ccc2/C1=C/c1ccc(S(C)=O)cc1. The van der Waals surface area contributed by atoms with Crippen LogP contribution in [-0.2, 0) is 15.6 Å². The number of carbonyl (C=O) groups excluding carboxylic acids is 1. The molecule has 0 aromatic heterocycles. The predicted molar refractivity (Wildman–Crippen MR) is 124 cm³/mol. The molecule has 162 valence electrons. The molecule has 1 aliphatic carbocycles. The first-order chi connectivity index (χ1) is 14.8. The Labute approximate surface area is 185 Å². The van der Waals surface area contributed by atoms with Crippen molar-refractivity contribution in [3.05, 3.63) is 70.5 Å². The zero-order chi connectivity index (χ0) is 22.1. The molecule has 1 heterocycles. The van der Waals surface area contributed by atoms with Crippen LogP contribution in [0.5, 0.6) is 0 Å². The topological polar surface area (TPSA) is 40.6 Å². The van der Waals surface area contributed by atoms with Crippen molar-refractivity contribution in [3.8, 4) is 0 Å². The second kappa shape index (κ2) is 8.89. The molecule has 0 spiro atoms. The number of rotatable bonds is 4. The first-order valence-electron chi connectivity index (χ1n) is 10.5. The highest BCUT2D eigenvalue weighted by atomic mass is 32.2. The van der Waals surface area contributed by atoms with Gasteiger partial charge < -0.3 is 9.80 Å². The summed E-state index contributed by atoms with van der Waals surface area (Å²) in [5, 5.41) is 0. The van der Waals surface area contributed by atoms with E-state index in [9.17, 15) is 13.4 Å². The van der Waals surface area contributed by atoms with Crippen LogP contribution in [-0.4, -0.2) is 59.4 Å². The van der Waals surface area contributed by atoms with E-state index in [0.717, 1.165) is 64.5 Å². The smallest absolute Gasteiger partial charge is 0.227 e. The normalized spacial score (nSPS) is 19.1. The van der Waals surface area contributed by atoms with Crippen LogP contribution >= 0.6 is 0 Å². The Hall–Kier alpha value is -2.57. The van der Waals surface area contributed by atoms with E-state index in [1.807, 2.05) is 36.1 Å². The van der Waals surface area contributed by atoms with Gasteiger partial charge in [-0.3, -0.25) is 9.00 Å². The van der Waals surface area contributed by atoms with E-state index in [-0.39, 0.29) is 18.1 Å². The number of hydrogen-bond donors (Lipinski definition) is 0. The lowest BCUT2D eigenvalue weighted by Gasteiger charge is -2.32. The number of likely N-dealkylation sites (N-methyl/N-ethyl adjacent to an activating group) is 1. The zero-order valence-corrected chi connectivity index (χ0v) is 19.0. The largest absolute Gasteiger partial charge is 0.340 e. The second-order valence-electron chi connectivity index (χ2n) is 8.24. The average molecular weight is 439 g/mol. The van der Waals surface area contributed by atoms with Crippen LogP contribution < -0.4 is 0 Å². The van der Waals surface area contributed by atoms with Gasteiger partial charge in [0.25, 0.3) is 0 Å². The maximum Gasteiger partial charge on any atom is 0.227 e. The molecule has 0 N–H and O–H groups in total. The molecule has 1 saturated heterocycles. The monoisotopic (exact) mass is 438 g/mol. The Morgan fingerprint density at radius 3 is 2.39 bits per heavy atom. The van der Waals surface area contributed by atoms with Crippen LogP contribution in [0.25, 0.3) is 17.2 Å².